The topological polar surface area (TPSA) is 158 Å². The van der Waals surface area contributed by atoms with Crippen LogP contribution < -0.4 is 4.90 Å². The van der Waals surface area contributed by atoms with Crippen LogP contribution in [0.4, 0.5) is 5.69 Å². The van der Waals surface area contributed by atoms with Crippen LogP contribution in [0.2, 0.25) is 0 Å². The van der Waals surface area contributed by atoms with Gasteiger partial charge in [-0.3, -0.25) is 14.4 Å². The zero-order valence-corrected chi connectivity index (χ0v) is 32.7. The minimum Gasteiger partial charge on any atom is -0.458 e. The largest absolute Gasteiger partial charge is 0.458 e. The van der Waals surface area contributed by atoms with Crippen LogP contribution in [0.15, 0.2) is 54.6 Å². The summed E-state index contributed by atoms with van der Waals surface area (Å²) in [5, 5.41) is 0. The van der Waals surface area contributed by atoms with Gasteiger partial charge in [0, 0.05) is 39.3 Å². The molecule has 2 fully saturated rings. The number of nitrogens with zero attached hydrogens (tertiary/aromatic N) is 3. The summed E-state index contributed by atoms with van der Waals surface area (Å²) in [5.74, 6) is -3.49. The third-order valence-electron chi connectivity index (χ3n) is 9.85. The number of benzene rings is 2. The fourth-order valence-corrected chi connectivity index (χ4v) is 6.33. The lowest BCUT2D eigenvalue weighted by atomic mass is 10.0. The standard InChI is InChI=1S/C41H55N3O11/c1-27(2)22-34(40(49)54-29(4)39(48)52-25-32-10-8-7-9-11-32)43(6)38(47)36(24-31-14-16-33(17-15-31)44-18-20-51-21-19-44)55-41(50)35(23-30-12-13-30)42(5)37(46)28(3)53-26-45/h7-11,14-17,26-30,34-36H,12-13,18-25H2,1-6H3. The van der Waals surface area contributed by atoms with Gasteiger partial charge in [-0.15, -0.1) is 0 Å². The summed E-state index contributed by atoms with van der Waals surface area (Å²) in [5.41, 5.74) is 2.45. The molecule has 2 amide bonds. The van der Waals surface area contributed by atoms with E-state index in [-0.39, 0.29) is 37.8 Å². The van der Waals surface area contributed by atoms with E-state index in [0.717, 1.165) is 37.2 Å². The predicted molar refractivity (Wildman–Crippen MR) is 201 cm³/mol. The Labute approximate surface area is 323 Å². The molecule has 5 unspecified atom stereocenters. The smallest absolute Gasteiger partial charge is 0.347 e. The van der Waals surface area contributed by atoms with E-state index >= 15 is 0 Å². The zero-order chi connectivity index (χ0) is 40.1. The van der Waals surface area contributed by atoms with E-state index in [2.05, 4.69) is 4.90 Å². The molecule has 1 aliphatic heterocycles. The van der Waals surface area contributed by atoms with Crippen molar-refractivity contribution in [3.05, 3.63) is 65.7 Å². The second-order valence-corrected chi connectivity index (χ2v) is 14.7. The number of likely N-dealkylation sites (N-methyl/N-ethyl adjacent to an activating group) is 2. The van der Waals surface area contributed by atoms with Gasteiger partial charge >= 0.3 is 17.9 Å². The third-order valence-corrected chi connectivity index (χ3v) is 9.85. The lowest BCUT2D eigenvalue weighted by molar-refractivity contribution is -0.175. The molecule has 0 aromatic heterocycles. The van der Waals surface area contributed by atoms with Crippen LogP contribution in [0.25, 0.3) is 0 Å². The van der Waals surface area contributed by atoms with Crippen LogP contribution in [0.5, 0.6) is 0 Å². The number of morpholine rings is 1. The van der Waals surface area contributed by atoms with Gasteiger partial charge in [0.2, 0.25) is 0 Å². The van der Waals surface area contributed by atoms with Crippen molar-refractivity contribution < 1.29 is 52.5 Å². The lowest BCUT2D eigenvalue weighted by Crippen LogP contribution is -2.52. The van der Waals surface area contributed by atoms with Gasteiger partial charge in [-0.1, -0.05) is 69.2 Å². The summed E-state index contributed by atoms with van der Waals surface area (Å²) in [4.78, 5) is 83.6. The maximum Gasteiger partial charge on any atom is 0.347 e. The van der Waals surface area contributed by atoms with Crippen molar-refractivity contribution in [2.45, 2.75) is 96.8 Å². The summed E-state index contributed by atoms with van der Waals surface area (Å²) in [6.45, 7) is 9.47. The highest BCUT2D eigenvalue weighted by atomic mass is 16.6. The first-order chi connectivity index (χ1) is 26.3. The molecule has 55 heavy (non-hydrogen) atoms. The van der Waals surface area contributed by atoms with E-state index in [1.807, 2.05) is 56.3 Å². The second kappa shape index (κ2) is 20.6. The van der Waals surface area contributed by atoms with E-state index in [1.165, 1.54) is 37.7 Å². The number of esters is 3. The number of ether oxygens (including phenoxy) is 5. The summed E-state index contributed by atoms with van der Waals surface area (Å²) >= 11 is 0. The fraction of sp³-hybridized carbons (Fsp3) is 0.561. The molecule has 1 aliphatic carbocycles. The Balaban J connectivity index is 1.56. The Morgan fingerprint density at radius 2 is 1.40 bits per heavy atom. The summed E-state index contributed by atoms with van der Waals surface area (Å²) in [6.07, 6.45) is -1.55. The number of anilines is 1. The molecule has 14 nitrogen and oxygen atoms in total. The number of hydrogen-bond donors (Lipinski definition) is 0. The molecule has 1 saturated carbocycles. The third kappa shape index (κ3) is 12.8. The first kappa shape index (κ1) is 42.8. The monoisotopic (exact) mass is 765 g/mol. The summed E-state index contributed by atoms with van der Waals surface area (Å²) in [6, 6.07) is 14.5. The molecule has 1 saturated heterocycles. The first-order valence-electron chi connectivity index (χ1n) is 18.9. The molecule has 0 bridgehead atoms. The SMILES string of the molecule is CC(C)CC(C(=O)OC(C)C(=O)OCc1ccccc1)N(C)C(=O)C(Cc1ccc(N2CCOCC2)cc1)OC(=O)C(CC1CC1)N(C)C(=O)C(C)OC=O. The Morgan fingerprint density at radius 1 is 0.782 bits per heavy atom. The fourth-order valence-electron chi connectivity index (χ4n) is 6.33. The molecule has 2 aromatic rings. The van der Waals surface area contributed by atoms with Gasteiger partial charge in [-0.25, -0.2) is 14.4 Å². The van der Waals surface area contributed by atoms with Gasteiger partial charge < -0.3 is 38.4 Å². The van der Waals surface area contributed by atoms with Gasteiger partial charge in [0.15, 0.2) is 18.3 Å². The van der Waals surface area contributed by atoms with Gasteiger partial charge in [0.25, 0.3) is 18.3 Å². The minimum atomic E-state index is -1.39. The summed E-state index contributed by atoms with van der Waals surface area (Å²) in [7, 11) is 2.88. The number of rotatable bonds is 20. The molecule has 14 heteroatoms. The van der Waals surface area contributed by atoms with Crippen molar-refractivity contribution in [1.82, 2.24) is 9.80 Å². The molecule has 5 atom stereocenters. The Bertz CT molecular complexity index is 1590. The van der Waals surface area contributed by atoms with Crippen molar-refractivity contribution in [3.8, 4) is 0 Å². The van der Waals surface area contributed by atoms with E-state index < -0.39 is 60.1 Å². The first-order valence-corrected chi connectivity index (χ1v) is 18.9. The maximum absolute atomic E-state index is 14.4. The molecular formula is C41H55N3O11. The number of amides is 2. The highest BCUT2D eigenvalue weighted by molar-refractivity contribution is 5.91. The number of carbonyl (C=O) groups excluding carboxylic acids is 6. The normalized spacial score (nSPS) is 16.8. The van der Waals surface area contributed by atoms with E-state index in [4.69, 9.17) is 23.7 Å². The number of hydrogen-bond acceptors (Lipinski definition) is 12. The highest BCUT2D eigenvalue weighted by Crippen LogP contribution is 2.35. The second-order valence-electron chi connectivity index (χ2n) is 14.7. The van der Waals surface area contributed by atoms with Gasteiger partial charge in [0.05, 0.1) is 13.2 Å². The predicted octanol–water partition coefficient (Wildman–Crippen LogP) is 3.71. The Hall–Kier alpha value is -4.98. The van der Waals surface area contributed by atoms with E-state index in [9.17, 15) is 28.8 Å². The maximum atomic E-state index is 14.4. The van der Waals surface area contributed by atoms with Crippen LogP contribution in [0, 0.1) is 11.8 Å². The van der Waals surface area contributed by atoms with Crippen LogP contribution in [0.3, 0.4) is 0 Å². The quantitative estimate of drug-likeness (QED) is 0.110. The summed E-state index contributed by atoms with van der Waals surface area (Å²) < 4.78 is 27.3. The van der Waals surface area contributed by atoms with Crippen molar-refractivity contribution in [2.24, 2.45) is 11.8 Å². The van der Waals surface area contributed by atoms with Crippen LogP contribution in [-0.4, -0.2) is 117 Å². The minimum absolute atomic E-state index is 0.00139. The molecule has 0 N–H and O–H groups in total. The molecule has 300 valence electrons. The van der Waals surface area contributed by atoms with E-state index in [0.29, 0.717) is 25.2 Å². The Kier molecular flexibility index (Phi) is 16.0. The highest BCUT2D eigenvalue weighted by Gasteiger charge is 2.40. The average Bonchev–Trinajstić information content (AvgIpc) is 4.02. The van der Waals surface area contributed by atoms with Crippen molar-refractivity contribution in [2.75, 3.05) is 45.3 Å². The zero-order valence-electron chi connectivity index (χ0n) is 32.7. The van der Waals surface area contributed by atoms with E-state index in [1.54, 1.807) is 12.1 Å². The van der Waals surface area contributed by atoms with Crippen LogP contribution in [-0.2, 0) is 65.5 Å². The molecule has 1 heterocycles. The average molecular weight is 766 g/mol. The molecule has 2 aromatic carbocycles. The van der Waals surface area contributed by atoms with Gasteiger partial charge in [-0.05, 0) is 61.8 Å². The lowest BCUT2D eigenvalue weighted by Gasteiger charge is -2.33. The molecule has 0 radical (unpaired) electrons. The van der Waals surface area contributed by atoms with Crippen molar-refractivity contribution in [3.63, 3.8) is 0 Å². The van der Waals surface area contributed by atoms with Gasteiger partial charge in [0.1, 0.15) is 18.7 Å². The molecule has 4 rings (SSSR count). The molecular weight excluding hydrogens is 710 g/mol. The van der Waals surface area contributed by atoms with Crippen molar-refractivity contribution >= 4 is 41.9 Å². The Morgan fingerprint density at radius 3 is 2.00 bits per heavy atom. The number of carbonyl (C=O) groups is 6. The molecule has 0 spiro atoms. The van der Waals surface area contributed by atoms with Crippen molar-refractivity contribution in [1.29, 1.82) is 0 Å². The van der Waals surface area contributed by atoms with Crippen LogP contribution >= 0.6 is 0 Å². The van der Waals surface area contributed by atoms with Gasteiger partial charge in [-0.2, -0.15) is 0 Å². The molecule has 2 aliphatic rings. The van der Waals surface area contributed by atoms with Crippen LogP contribution in [0.1, 0.15) is 64.5 Å².